The van der Waals surface area contributed by atoms with Gasteiger partial charge in [0.15, 0.2) is 16.7 Å². The number of carbonyl (C=O) groups is 2. The van der Waals surface area contributed by atoms with Crippen LogP contribution in [-0.2, 0) is 22.6 Å². The van der Waals surface area contributed by atoms with E-state index in [1.165, 1.54) is 11.8 Å². The van der Waals surface area contributed by atoms with Crippen LogP contribution in [0.3, 0.4) is 0 Å². The summed E-state index contributed by atoms with van der Waals surface area (Å²) in [6.07, 6.45) is 2.10. The Morgan fingerprint density at radius 3 is 2.72 bits per heavy atom. The Labute approximate surface area is 189 Å². The van der Waals surface area contributed by atoms with Crippen molar-refractivity contribution in [1.29, 1.82) is 0 Å². The summed E-state index contributed by atoms with van der Waals surface area (Å²) in [7, 11) is 1.57. The minimum Gasteiger partial charge on any atom is -0.493 e. The first kappa shape index (κ1) is 23.2. The number of hydrogen-bond donors (Lipinski definition) is 2. The Balaban J connectivity index is 1.50. The molecular weight excluding hydrogens is 434 g/mol. The topological polar surface area (TPSA) is 134 Å². The number of nitrogens with zero attached hydrogens (tertiary/aromatic N) is 3. The first-order valence-corrected chi connectivity index (χ1v) is 10.9. The number of rotatable bonds is 13. The maximum atomic E-state index is 12.3. The van der Waals surface area contributed by atoms with Gasteiger partial charge in [-0.25, -0.2) is 0 Å². The fraction of sp³-hybridized carbons (Fsp3) is 0.333. The van der Waals surface area contributed by atoms with E-state index >= 15 is 0 Å². The van der Waals surface area contributed by atoms with Gasteiger partial charge in [-0.05, 0) is 24.3 Å². The molecule has 0 fully saturated rings. The standard InChI is InChI=1S/C21H25N5O5S/c1-29-16-6-2-3-7-17(16)31-12-10-23-20(28)14-32-21-25-24-19(9-8-18(22)27)26(21)13-15-5-4-11-30-15/h2-7,11H,8-10,12-14H2,1H3,(H2,22,27)(H,23,28). The van der Waals surface area contributed by atoms with Crippen molar-refractivity contribution < 1.29 is 23.5 Å². The smallest absolute Gasteiger partial charge is 0.230 e. The first-order chi connectivity index (χ1) is 15.6. The van der Waals surface area contributed by atoms with Crippen LogP contribution in [0.2, 0.25) is 0 Å². The number of benzene rings is 1. The van der Waals surface area contributed by atoms with Crippen LogP contribution < -0.4 is 20.5 Å². The summed E-state index contributed by atoms with van der Waals surface area (Å²) in [6.45, 7) is 1.05. The second-order valence-electron chi connectivity index (χ2n) is 6.67. The Bertz CT molecular complexity index is 1020. The van der Waals surface area contributed by atoms with Gasteiger partial charge in [0.05, 0.1) is 32.2 Å². The summed E-state index contributed by atoms with van der Waals surface area (Å²) < 4.78 is 18.1. The average Bonchev–Trinajstić information content (AvgIpc) is 3.44. The van der Waals surface area contributed by atoms with Crippen LogP contribution in [0.1, 0.15) is 18.0 Å². The number of amides is 2. The molecule has 10 nitrogen and oxygen atoms in total. The zero-order valence-electron chi connectivity index (χ0n) is 17.7. The first-order valence-electron chi connectivity index (χ1n) is 9.95. The summed E-state index contributed by atoms with van der Waals surface area (Å²) in [5.41, 5.74) is 5.25. The van der Waals surface area contributed by atoms with Crippen molar-refractivity contribution in [2.75, 3.05) is 26.0 Å². The molecule has 2 heterocycles. The number of hydrogen-bond acceptors (Lipinski definition) is 8. The summed E-state index contributed by atoms with van der Waals surface area (Å²) in [5.74, 6) is 2.15. The number of aryl methyl sites for hydroxylation is 1. The Morgan fingerprint density at radius 1 is 1.19 bits per heavy atom. The van der Waals surface area contributed by atoms with Crippen LogP contribution in [-0.4, -0.2) is 52.6 Å². The lowest BCUT2D eigenvalue weighted by molar-refractivity contribution is -0.119. The zero-order chi connectivity index (χ0) is 22.8. The highest BCUT2D eigenvalue weighted by atomic mass is 32.2. The molecule has 0 spiro atoms. The molecule has 0 radical (unpaired) electrons. The van der Waals surface area contributed by atoms with Crippen molar-refractivity contribution in [3.8, 4) is 11.5 Å². The van der Waals surface area contributed by atoms with Gasteiger partial charge in [0.1, 0.15) is 18.2 Å². The summed E-state index contributed by atoms with van der Waals surface area (Å²) in [5, 5.41) is 11.7. The maximum Gasteiger partial charge on any atom is 0.230 e. The van der Waals surface area contributed by atoms with E-state index < -0.39 is 5.91 Å². The average molecular weight is 460 g/mol. The summed E-state index contributed by atoms with van der Waals surface area (Å²) in [6, 6.07) is 10.9. The van der Waals surface area contributed by atoms with Crippen molar-refractivity contribution in [1.82, 2.24) is 20.1 Å². The van der Waals surface area contributed by atoms with Crippen LogP contribution in [0.25, 0.3) is 0 Å². The van der Waals surface area contributed by atoms with Crippen molar-refractivity contribution in [2.24, 2.45) is 5.73 Å². The molecule has 3 N–H and O–H groups in total. The van der Waals surface area contributed by atoms with E-state index in [-0.39, 0.29) is 18.1 Å². The number of methoxy groups -OCH3 is 1. The highest BCUT2D eigenvalue weighted by Crippen LogP contribution is 2.25. The Hall–Kier alpha value is -3.47. The van der Waals surface area contributed by atoms with Crippen LogP contribution in [0.5, 0.6) is 11.5 Å². The molecule has 0 unspecified atom stereocenters. The van der Waals surface area contributed by atoms with Gasteiger partial charge in [-0.2, -0.15) is 0 Å². The molecule has 0 bridgehead atoms. The van der Waals surface area contributed by atoms with Crippen LogP contribution in [0, 0.1) is 0 Å². The number of aromatic nitrogens is 3. The van der Waals surface area contributed by atoms with Gasteiger partial charge in [0, 0.05) is 12.8 Å². The minimum absolute atomic E-state index is 0.154. The minimum atomic E-state index is -0.415. The van der Waals surface area contributed by atoms with Crippen LogP contribution in [0.15, 0.2) is 52.2 Å². The van der Waals surface area contributed by atoms with Crippen LogP contribution in [0.4, 0.5) is 0 Å². The monoisotopic (exact) mass is 459 g/mol. The molecule has 0 atom stereocenters. The van der Waals surface area contributed by atoms with Crippen LogP contribution >= 0.6 is 11.8 Å². The fourth-order valence-corrected chi connectivity index (χ4v) is 3.62. The van der Waals surface area contributed by atoms with Gasteiger partial charge in [-0.1, -0.05) is 23.9 Å². The summed E-state index contributed by atoms with van der Waals surface area (Å²) >= 11 is 1.25. The summed E-state index contributed by atoms with van der Waals surface area (Å²) in [4.78, 5) is 23.4. The molecule has 0 aliphatic rings. The fourth-order valence-electron chi connectivity index (χ4n) is 2.83. The SMILES string of the molecule is COc1ccccc1OCCNC(=O)CSc1nnc(CCC(N)=O)n1Cc1ccco1. The number of thioether (sulfide) groups is 1. The lowest BCUT2D eigenvalue weighted by Gasteiger charge is -2.11. The number of nitrogens with one attached hydrogen (secondary N) is 1. The zero-order valence-corrected chi connectivity index (χ0v) is 18.5. The number of furan rings is 1. The molecule has 170 valence electrons. The van der Waals surface area contributed by atoms with Crippen molar-refractivity contribution in [3.05, 3.63) is 54.2 Å². The van der Waals surface area contributed by atoms with E-state index in [0.29, 0.717) is 54.4 Å². The second-order valence-corrected chi connectivity index (χ2v) is 7.61. The Morgan fingerprint density at radius 2 is 2.00 bits per heavy atom. The molecule has 0 aliphatic heterocycles. The molecular formula is C21H25N5O5S. The van der Waals surface area contributed by atoms with Crippen molar-refractivity contribution in [2.45, 2.75) is 24.5 Å². The lowest BCUT2D eigenvalue weighted by atomic mass is 10.3. The van der Waals surface area contributed by atoms with Gasteiger partial charge in [-0.15, -0.1) is 10.2 Å². The Kier molecular flexibility index (Phi) is 8.55. The number of ether oxygens (including phenoxy) is 2. The van der Waals surface area contributed by atoms with E-state index in [2.05, 4.69) is 15.5 Å². The molecule has 3 aromatic rings. The van der Waals surface area contributed by atoms with Gasteiger partial charge in [-0.3, -0.25) is 14.2 Å². The molecule has 3 rings (SSSR count). The molecule has 2 amide bonds. The van der Waals surface area contributed by atoms with Gasteiger partial charge in [0.25, 0.3) is 0 Å². The third kappa shape index (κ3) is 6.77. The van der Waals surface area contributed by atoms with Gasteiger partial charge in [0.2, 0.25) is 11.8 Å². The van der Waals surface area contributed by atoms with Crippen molar-refractivity contribution in [3.63, 3.8) is 0 Å². The highest BCUT2D eigenvalue weighted by Gasteiger charge is 2.16. The predicted octanol–water partition coefficient (Wildman–Crippen LogP) is 1.63. The molecule has 2 aromatic heterocycles. The number of carbonyl (C=O) groups excluding carboxylic acids is 2. The molecule has 0 saturated carbocycles. The normalized spacial score (nSPS) is 10.7. The number of primary amides is 1. The molecule has 0 saturated heterocycles. The largest absolute Gasteiger partial charge is 0.493 e. The van der Waals surface area contributed by atoms with Crippen molar-refractivity contribution >= 4 is 23.6 Å². The number of nitrogens with two attached hydrogens (primary N) is 1. The van der Waals surface area contributed by atoms with E-state index in [1.807, 2.05) is 22.8 Å². The highest BCUT2D eigenvalue weighted by molar-refractivity contribution is 7.99. The quantitative estimate of drug-likeness (QED) is 0.291. The van der Waals surface area contributed by atoms with E-state index in [4.69, 9.17) is 19.6 Å². The van der Waals surface area contributed by atoms with E-state index in [1.54, 1.807) is 31.6 Å². The van der Waals surface area contributed by atoms with Gasteiger partial charge < -0.3 is 24.9 Å². The molecule has 32 heavy (non-hydrogen) atoms. The molecule has 1 aromatic carbocycles. The molecule has 11 heteroatoms. The third-order valence-electron chi connectivity index (χ3n) is 4.37. The number of para-hydroxylation sites is 2. The van der Waals surface area contributed by atoms with Gasteiger partial charge >= 0.3 is 0 Å². The molecule has 0 aliphatic carbocycles. The lowest BCUT2D eigenvalue weighted by Crippen LogP contribution is -2.29. The second kappa shape index (κ2) is 11.8. The van der Waals surface area contributed by atoms with E-state index in [9.17, 15) is 9.59 Å². The predicted molar refractivity (Wildman–Crippen MR) is 118 cm³/mol. The maximum absolute atomic E-state index is 12.3. The van der Waals surface area contributed by atoms with E-state index in [0.717, 1.165) is 0 Å². The third-order valence-corrected chi connectivity index (χ3v) is 5.33.